The van der Waals surface area contributed by atoms with E-state index >= 15 is 0 Å². The first-order valence-corrected chi connectivity index (χ1v) is 26.6. The Morgan fingerprint density at radius 2 is 0.932 bits per heavy atom. The number of unbranched alkanes of at least 4 members (excludes halogenated alkanes) is 29. The number of nitrogens with zero attached hydrogens (tertiary/aromatic N) is 1. The van der Waals surface area contributed by atoms with Crippen LogP contribution in [0.15, 0.2) is 24.3 Å². The van der Waals surface area contributed by atoms with E-state index in [1.807, 2.05) is 21.1 Å². The Kier molecular flexibility index (Phi) is 42.9. The van der Waals surface area contributed by atoms with Gasteiger partial charge in [0, 0.05) is 13.0 Å². The number of ether oxygens (including phenoxy) is 2. The summed E-state index contributed by atoms with van der Waals surface area (Å²) < 4.78 is 35.1. The molecule has 0 aromatic carbocycles. The molecule has 0 aliphatic heterocycles. The van der Waals surface area contributed by atoms with Gasteiger partial charge in [-0.3, -0.25) is 13.8 Å². The van der Waals surface area contributed by atoms with Gasteiger partial charge in [0.25, 0.3) is 0 Å². The van der Waals surface area contributed by atoms with Crippen molar-refractivity contribution in [3.63, 3.8) is 0 Å². The molecule has 0 spiro atoms. The van der Waals surface area contributed by atoms with E-state index in [4.69, 9.17) is 18.5 Å². The predicted molar refractivity (Wildman–Crippen MR) is 252 cm³/mol. The van der Waals surface area contributed by atoms with Gasteiger partial charge in [-0.1, -0.05) is 205 Å². The fraction of sp³-hybridized carbons (Fsp3) is 0.900. The average molecular weight is 857 g/mol. The summed E-state index contributed by atoms with van der Waals surface area (Å²) in [5.41, 5.74) is 0. The van der Waals surface area contributed by atoms with Crippen molar-refractivity contribution in [1.82, 2.24) is 0 Å². The first kappa shape index (κ1) is 58.0. The molecule has 8 nitrogen and oxygen atoms in total. The minimum Gasteiger partial charge on any atom is -0.457 e. The molecule has 1 N–H and O–H groups in total. The molecule has 0 amide bonds. The molecule has 59 heavy (non-hydrogen) atoms. The minimum atomic E-state index is -4.28. The van der Waals surface area contributed by atoms with Crippen molar-refractivity contribution in [1.29, 1.82) is 0 Å². The van der Waals surface area contributed by atoms with Crippen molar-refractivity contribution in [2.75, 3.05) is 54.1 Å². The van der Waals surface area contributed by atoms with Crippen molar-refractivity contribution >= 4 is 13.8 Å². The van der Waals surface area contributed by atoms with E-state index in [1.54, 1.807) is 0 Å². The van der Waals surface area contributed by atoms with Crippen LogP contribution in [0.3, 0.4) is 0 Å². The summed E-state index contributed by atoms with van der Waals surface area (Å²) in [6, 6.07) is 0. The molecule has 350 valence electrons. The zero-order valence-corrected chi connectivity index (χ0v) is 40.6. The average Bonchev–Trinajstić information content (AvgIpc) is 3.19. The van der Waals surface area contributed by atoms with E-state index in [0.29, 0.717) is 24.1 Å². The maximum absolute atomic E-state index is 12.7. The third-order valence-corrected chi connectivity index (χ3v) is 12.0. The number of phosphoric acid groups is 1. The summed E-state index contributed by atoms with van der Waals surface area (Å²) in [5, 5.41) is 0. The Hall–Kier alpha value is -1.02. The van der Waals surface area contributed by atoms with Crippen LogP contribution in [0.2, 0.25) is 0 Å². The molecule has 0 saturated heterocycles. The highest BCUT2D eigenvalue weighted by molar-refractivity contribution is 7.47. The van der Waals surface area contributed by atoms with Crippen LogP contribution in [0.5, 0.6) is 0 Å². The lowest BCUT2D eigenvalue weighted by Crippen LogP contribution is -2.37. The quantitative estimate of drug-likeness (QED) is 0.0214. The molecule has 0 heterocycles. The summed E-state index contributed by atoms with van der Waals surface area (Å²) >= 11 is 0. The topological polar surface area (TPSA) is 91.3 Å². The number of rotatable bonds is 47. The maximum atomic E-state index is 12.7. The number of likely N-dealkylation sites (N-methyl/N-ethyl adjacent to an activating group) is 1. The van der Waals surface area contributed by atoms with Gasteiger partial charge in [-0.05, 0) is 44.9 Å². The highest BCUT2D eigenvalue weighted by Gasteiger charge is 2.26. The molecule has 0 radical (unpaired) electrons. The van der Waals surface area contributed by atoms with Gasteiger partial charge in [-0.15, -0.1) is 0 Å². The summed E-state index contributed by atoms with van der Waals surface area (Å²) in [5.74, 6) is -0.310. The Bertz CT molecular complexity index is 998. The summed E-state index contributed by atoms with van der Waals surface area (Å²) in [7, 11) is 1.68. The normalized spacial score (nSPS) is 13.8. The van der Waals surface area contributed by atoms with E-state index < -0.39 is 13.9 Å². The van der Waals surface area contributed by atoms with Crippen molar-refractivity contribution in [3.8, 4) is 0 Å². The highest BCUT2D eigenvalue weighted by atomic mass is 31.2. The van der Waals surface area contributed by atoms with Crippen LogP contribution in [0, 0.1) is 0 Å². The number of quaternary nitrogens is 1. The number of hydrogen-bond acceptors (Lipinski definition) is 6. The van der Waals surface area contributed by atoms with Gasteiger partial charge in [0.1, 0.15) is 19.3 Å². The molecule has 0 aliphatic rings. The van der Waals surface area contributed by atoms with Gasteiger partial charge >= 0.3 is 13.8 Å². The van der Waals surface area contributed by atoms with E-state index in [-0.39, 0.29) is 25.8 Å². The lowest BCUT2D eigenvalue weighted by Gasteiger charge is -2.24. The lowest BCUT2D eigenvalue weighted by molar-refractivity contribution is -0.870. The number of hydrogen-bond donors (Lipinski definition) is 1. The standard InChI is InChI=1S/C50H98NO7P/c1-6-8-10-12-14-16-18-20-22-24-25-26-28-30-32-34-36-38-40-42-45-55-47-49(48-57-59(53,54)56-46-44-51(3,4)5)58-50(52)43-41-39-37-35-33-31-29-27-23-21-19-17-15-13-11-9-7-2/h14,16,20,22,49H,6-13,15,17-19,21,23-48H2,1-5H3/p+1/b16-14-,22-20-. The van der Waals surface area contributed by atoms with E-state index in [2.05, 4.69) is 38.2 Å². The second-order valence-corrected chi connectivity index (χ2v) is 19.7. The molecule has 0 saturated carbocycles. The van der Waals surface area contributed by atoms with Gasteiger partial charge in [0.05, 0.1) is 34.4 Å². The number of phosphoric ester groups is 1. The summed E-state index contributed by atoms with van der Waals surface area (Å²) in [6.45, 7) is 5.64. The molecule has 0 fully saturated rings. The molecule has 0 rings (SSSR count). The van der Waals surface area contributed by atoms with Gasteiger partial charge < -0.3 is 18.9 Å². The molecule has 2 atom stereocenters. The number of allylic oxidation sites excluding steroid dienone is 4. The van der Waals surface area contributed by atoms with Gasteiger partial charge in [-0.2, -0.15) is 0 Å². The molecule has 0 aromatic heterocycles. The van der Waals surface area contributed by atoms with E-state index in [1.165, 1.54) is 173 Å². The first-order valence-electron chi connectivity index (χ1n) is 25.1. The SMILES string of the molecule is CCCCC/C=C\C/C=C\CCCCCCCCCCCCOCC(COP(=O)(O)OCC[N+](C)(C)C)OC(=O)CCCCCCCCCCCCCCCCCCC. The number of carbonyl (C=O) groups excluding carboxylic acids is 1. The van der Waals surface area contributed by atoms with Crippen molar-refractivity contribution in [2.45, 2.75) is 238 Å². The summed E-state index contributed by atoms with van der Waals surface area (Å²) in [4.78, 5) is 23.0. The first-order chi connectivity index (χ1) is 28.6. The van der Waals surface area contributed by atoms with Gasteiger partial charge in [0.2, 0.25) is 0 Å². The molecule has 2 unspecified atom stereocenters. The molecule has 9 heteroatoms. The number of carbonyl (C=O) groups is 1. The smallest absolute Gasteiger partial charge is 0.457 e. The van der Waals surface area contributed by atoms with Crippen molar-refractivity contribution in [2.24, 2.45) is 0 Å². The molecule has 0 bridgehead atoms. The van der Waals surface area contributed by atoms with Gasteiger partial charge in [-0.25, -0.2) is 4.57 Å². The Morgan fingerprint density at radius 1 is 0.525 bits per heavy atom. The van der Waals surface area contributed by atoms with E-state index in [9.17, 15) is 14.3 Å². The largest absolute Gasteiger partial charge is 0.472 e. The second kappa shape index (κ2) is 43.6. The van der Waals surface area contributed by atoms with Crippen LogP contribution in [0.4, 0.5) is 0 Å². The Labute approximate surface area is 366 Å². The van der Waals surface area contributed by atoms with Crippen LogP contribution in [-0.2, 0) is 27.9 Å². The van der Waals surface area contributed by atoms with Gasteiger partial charge in [0.15, 0.2) is 0 Å². The Balaban J connectivity index is 4.13. The number of esters is 1. The van der Waals surface area contributed by atoms with Crippen molar-refractivity contribution < 1.29 is 37.3 Å². The van der Waals surface area contributed by atoms with Crippen LogP contribution < -0.4 is 0 Å². The summed E-state index contributed by atoms with van der Waals surface area (Å²) in [6.07, 6.45) is 50.7. The maximum Gasteiger partial charge on any atom is 0.472 e. The van der Waals surface area contributed by atoms with Crippen LogP contribution in [0.1, 0.15) is 232 Å². The molecular weight excluding hydrogens is 758 g/mol. The highest BCUT2D eigenvalue weighted by Crippen LogP contribution is 2.43. The lowest BCUT2D eigenvalue weighted by atomic mass is 10.0. The predicted octanol–water partition coefficient (Wildman–Crippen LogP) is 15.2. The molecular formula is C50H99NO7P+. The van der Waals surface area contributed by atoms with Crippen LogP contribution in [0.25, 0.3) is 0 Å². The molecule has 0 aliphatic carbocycles. The molecule has 0 aromatic rings. The minimum absolute atomic E-state index is 0.0904. The van der Waals surface area contributed by atoms with Crippen molar-refractivity contribution in [3.05, 3.63) is 24.3 Å². The van der Waals surface area contributed by atoms with E-state index in [0.717, 1.165) is 38.5 Å². The second-order valence-electron chi connectivity index (χ2n) is 18.2. The monoisotopic (exact) mass is 857 g/mol. The Morgan fingerprint density at radius 3 is 1.41 bits per heavy atom. The fourth-order valence-electron chi connectivity index (χ4n) is 7.11. The zero-order valence-electron chi connectivity index (χ0n) is 39.8. The third kappa shape index (κ3) is 47.9. The fourth-order valence-corrected chi connectivity index (χ4v) is 7.86. The zero-order chi connectivity index (χ0) is 43.4. The van der Waals surface area contributed by atoms with Crippen LogP contribution in [-0.4, -0.2) is 75.6 Å². The van der Waals surface area contributed by atoms with Crippen LogP contribution >= 0.6 is 7.82 Å². The third-order valence-electron chi connectivity index (χ3n) is 11.0.